The highest BCUT2D eigenvalue weighted by molar-refractivity contribution is 5.93. The molecule has 24 heavy (non-hydrogen) atoms. The fourth-order valence-corrected chi connectivity index (χ4v) is 2.44. The van der Waals surface area contributed by atoms with Crippen LogP contribution in [0.1, 0.15) is 50.0 Å². The summed E-state index contributed by atoms with van der Waals surface area (Å²) in [6, 6.07) is 7.63. The lowest BCUT2D eigenvalue weighted by molar-refractivity contribution is -0.116. The summed E-state index contributed by atoms with van der Waals surface area (Å²) >= 11 is 0. The van der Waals surface area contributed by atoms with Gasteiger partial charge in [-0.25, -0.2) is 0 Å². The number of likely N-dealkylation sites (N-methyl/N-ethyl adjacent to an activating group) is 1. The highest BCUT2D eigenvalue weighted by atomic mass is 16.1. The van der Waals surface area contributed by atoms with E-state index in [1.165, 1.54) is 12.6 Å². The number of carbonyl (C=O) groups is 3. The van der Waals surface area contributed by atoms with Crippen molar-refractivity contribution >= 4 is 18.1 Å². The van der Waals surface area contributed by atoms with Crippen molar-refractivity contribution in [2.75, 3.05) is 7.05 Å². The SMILES string of the molecule is CC(C)CC(C)(C)c1cccc(C(N)=O)c1.CNC(=O)/C=C\C=O. The molecule has 0 radical (unpaired) electrons. The first-order valence-corrected chi connectivity index (χ1v) is 7.88. The summed E-state index contributed by atoms with van der Waals surface area (Å²) in [6.07, 6.45) is 3.94. The van der Waals surface area contributed by atoms with Gasteiger partial charge in [-0.3, -0.25) is 14.4 Å². The van der Waals surface area contributed by atoms with Crippen LogP contribution in [-0.4, -0.2) is 25.1 Å². The number of benzene rings is 1. The zero-order valence-corrected chi connectivity index (χ0v) is 15.1. The van der Waals surface area contributed by atoms with Crippen molar-refractivity contribution in [1.82, 2.24) is 5.32 Å². The van der Waals surface area contributed by atoms with Crippen LogP contribution in [0.4, 0.5) is 0 Å². The van der Waals surface area contributed by atoms with Gasteiger partial charge in [0.1, 0.15) is 6.29 Å². The molecule has 0 saturated carbocycles. The maximum absolute atomic E-state index is 11.1. The second kappa shape index (κ2) is 10.4. The molecule has 1 rings (SSSR count). The molecular weight excluding hydrogens is 304 g/mol. The first-order chi connectivity index (χ1) is 11.1. The fourth-order valence-electron chi connectivity index (χ4n) is 2.44. The van der Waals surface area contributed by atoms with Crippen LogP contribution in [0.3, 0.4) is 0 Å². The van der Waals surface area contributed by atoms with Gasteiger partial charge in [-0.1, -0.05) is 39.8 Å². The van der Waals surface area contributed by atoms with E-state index in [1.54, 1.807) is 6.07 Å². The van der Waals surface area contributed by atoms with Crippen molar-refractivity contribution in [2.24, 2.45) is 11.7 Å². The van der Waals surface area contributed by atoms with Crippen LogP contribution >= 0.6 is 0 Å². The van der Waals surface area contributed by atoms with Gasteiger partial charge >= 0.3 is 0 Å². The Morgan fingerprint density at radius 1 is 1.29 bits per heavy atom. The molecule has 0 fully saturated rings. The van der Waals surface area contributed by atoms with Gasteiger partial charge in [0.25, 0.3) is 0 Å². The monoisotopic (exact) mass is 332 g/mol. The summed E-state index contributed by atoms with van der Waals surface area (Å²) in [7, 11) is 1.50. The summed E-state index contributed by atoms with van der Waals surface area (Å²) in [5.74, 6) is 0.00605. The molecule has 1 aromatic carbocycles. The molecule has 132 valence electrons. The van der Waals surface area contributed by atoms with Gasteiger partial charge in [0.05, 0.1) is 0 Å². The molecule has 0 saturated heterocycles. The molecule has 2 amide bonds. The quantitative estimate of drug-likeness (QED) is 0.620. The molecule has 0 aliphatic carbocycles. The van der Waals surface area contributed by atoms with E-state index >= 15 is 0 Å². The van der Waals surface area contributed by atoms with Crippen molar-refractivity contribution in [1.29, 1.82) is 0 Å². The largest absolute Gasteiger partial charge is 0.366 e. The molecule has 0 aromatic heterocycles. The van der Waals surface area contributed by atoms with E-state index in [1.807, 2.05) is 12.1 Å². The van der Waals surface area contributed by atoms with Crippen molar-refractivity contribution in [3.05, 3.63) is 47.5 Å². The third-order valence-electron chi connectivity index (χ3n) is 3.42. The first-order valence-electron chi connectivity index (χ1n) is 7.88. The Bertz CT molecular complexity index is 590. The van der Waals surface area contributed by atoms with Crippen molar-refractivity contribution in [3.8, 4) is 0 Å². The minimum absolute atomic E-state index is 0.0830. The van der Waals surface area contributed by atoms with E-state index < -0.39 is 0 Å². The average molecular weight is 332 g/mol. The number of nitrogens with one attached hydrogen (secondary N) is 1. The Hall–Kier alpha value is -2.43. The number of amides is 2. The highest BCUT2D eigenvalue weighted by Gasteiger charge is 2.22. The van der Waals surface area contributed by atoms with Crippen molar-refractivity contribution < 1.29 is 14.4 Å². The molecule has 0 aliphatic heterocycles. The lowest BCUT2D eigenvalue weighted by atomic mass is 9.77. The van der Waals surface area contributed by atoms with Gasteiger partial charge in [0.15, 0.2) is 0 Å². The molecule has 0 unspecified atom stereocenters. The highest BCUT2D eigenvalue weighted by Crippen LogP contribution is 2.30. The van der Waals surface area contributed by atoms with E-state index in [2.05, 4.69) is 39.1 Å². The van der Waals surface area contributed by atoms with Crippen LogP contribution < -0.4 is 11.1 Å². The number of allylic oxidation sites excluding steroid dienone is 1. The number of nitrogens with two attached hydrogens (primary N) is 1. The standard InChI is InChI=1S/C14H21NO.C5H7NO2/c1-10(2)9-14(3,4)12-7-5-6-11(8-12)13(15)16;1-6-5(8)3-2-4-7/h5-8,10H,9H2,1-4H3,(H2,15,16);2-4H,1H3,(H,6,8)/b;3-2-. The van der Waals surface area contributed by atoms with Crippen LogP contribution in [0.25, 0.3) is 0 Å². The number of hydrogen-bond donors (Lipinski definition) is 2. The van der Waals surface area contributed by atoms with E-state index in [-0.39, 0.29) is 17.2 Å². The minimum atomic E-state index is -0.359. The van der Waals surface area contributed by atoms with Gasteiger partial charge in [0.2, 0.25) is 11.8 Å². The topological polar surface area (TPSA) is 89.3 Å². The van der Waals surface area contributed by atoms with Gasteiger partial charge in [-0.2, -0.15) is 0 Å². The number of hydrogen-bond acceptors (Lipinski definition) is 3. The number of carbonyl (C=O) groups excluding carboxylic acids is 3. The van der Waals surface area contributed by atoms with Crippen molar-refractivity contribution in [3.63, 3.8) is 0 Å². The molecule has 5 heteroatoms. The van der Waals surface area contributed by atoms with Crippen LogP contribution in [0, 0.1) is 5.92 Å². The Labute approximate surface area is 144 Å². The Morgan fingerprint density at radius 3 is 2.38 bits per heavy atom. The summed E-state index contributed by atoms with van der Waals surface area (Å²) in [5.41, 5.74) is 7.14. The van der Waals surface area contributed by atoms with E-state index in [4.69, 9.17) is 5.73 Å². The average Bonchev–Trinajstić information content (AvgIpc) is 2.52. The lowest BCUT2D eigenvalue weighted by Crippen LogP contribution is -2.21. The summed E-state index contributed by atoms with van der Waals surface area (Å²) in [5, 5.41) is 2.32. The first kappa shape index (κ1) is 21.6. The third-order valence-corrected chi connectivity index (χ3v) is 3.42. The molecule has 5 nitrogen and oxygen atoms in total. The number of rotatable bonds is 6. The fraction of sp³-hybridized carbons (Fsp3) is 0.421. The Morgan fingerprint density at radius 2 is 1.92 bits per heavy atom. The second-order valence-electron chi connectivity index (χ2n) is 6.54. The molecule has 0 aliphatic rings. The van der Waals surface area contributed by atoms with Gasteiger partial charge in [-0.05, 0) is 41.5 Å². The maximum atomic E-state index is 11.1. The van der Waals surface area contributed by atoms with Gasteiger partial charge < -0.3 is 11.1 Å². The summed E-state index contributed by atoms with van der Waals surface area (Å²) < 4.78 is 0. The molecule has 0 spiro atoms. The van der Waals surface area contributed by atoms with Gasteiger partial charge in [0, 0.05) is 18.7 Å². The number of primary amides is 1. The lowest BCUT2D eigenvalue weighted by Gasteiger charge is -2.27. The minimum Gasteiger partial charge on any atom is -0.366 e. The van der Waals surface area contributed by atoms with E-state index in [9.17, 15) is 14.4 Å². The second-order valence-corrected chi connectivity index (χ2v) is 6.54. The zero-order chi connectivity index (χ0) is 18.8. The predicted octanol–water partition coefficient (Wildman–Crippen LogP) is 2.60. The Kier molecular flexibility index (Phi) is 9.31. The summed E-state index contributed by atoms with van der Waals surface area (Å²) in [6.45, 7) is 8.82. The molecule has 0 bridgehead atoms. The van der Waals surface area contributed by atoms with Crippen LogP contribution in [0.2, 0.25) is 0 Å². The number of aldehydes is 1. The van der Waals surface area contributed by atoms with Gasteiger partial charge in [-0.15, -0.1) is 0 Å². The van der Waals surface area contributed by atoms with Crippen LogP contribution in [0.5, 0.6) is 0 Å². The zero-order valence-electron chi connectivity index (χ0n) is 15.1. The van der Waals surface area contributed by atoms with E-state index in [0.717, 1.165) is 18.6 Å². The third kappa shape index (κ3) is 8.27. The van der Waals surface area contributed by atoms with Crippen molar-refractivity contribution in [2.45, 2.75) is 39.5 Å². The predicted molar refractivity (Wildman–Crippen MR) is 96.7 cm³/mol. The van der Waals surface area contributed by atoms with Crippen LogP contribution in [0.15, 0.2) is 36.4 Å². The van der Waals surface area contributed by atoms with E-state index in [0.29, 0.717) is 17.8 Å². The Balaban J connectivity index is 0.000000561. The molecule has 0 heterocycles. The maximum Gasteiger partial charge on any atom is 0.248 e. The van der Waals surface area contributed by atoms with Crippen LogP contribution in [-0.2, 0) is 15.0 Å². The smallest absolute Gasteiger partial charge is 0.248 e. The molecule has 3 N–H and O–H groups in total. The molecule has 1 aromatic rings. The normalized spacial score (nSPS) is 10.9. The summed E-state index contributed by atoms with van der Waals surface area (Å²) in [4.78, 5) is 30.9. The molecular formula is C19H28N2O3. The molecule has 0 atom stereocenters.